The molecule has 0 aliphatic rings. The van der Waals surface area contributed by atoms with Gasteiger partial charge >= 0.3 is 0 Å². The van der Waals surface area contributed by atoms with Crippen molar-refractivity contribution in [2.24, 2.45) is 0 Å². The van der Waals surface area contributed by atoms with Crippen molar-refractivity contribution in [1.29, 1.82) is 0 Å². The van der Waals surface area contributed by atoms with Crippen LogP contribution in [0.25, 0.3) is 0 Å². The molecule has 2 nitrogen and oxygen atoms in total. The summed E-state index contributed by atoms with van der Waals surface area (Å²) in [5, 5.41) is 3.44. The first kappa shape index (κ1) is 15.5. The molecule has 2 atom stereocenters. The SMILES string of the molecule is COc1ccc(CC(C)NC(C)c2ccccc2F)cc1. The predicted octanol–water partition coefficient (Wildman–Crippen LogP) is 4.12. The van der Waals surface area contributed by atoms with Gasteiger partial charge in [0.2, 0.25) is 0 Å². The number of rotatable bonds is 6. The van der Waals surface area contributed by atoms with Gasteiger partial charge in [-0.3, -0.25) is 0 Å². The van der Waals surface area contributed by atoms with Gasteiger partial charge in [-0.15, -0.1) is 0 Å². The Kier molecular flexibility index (Phi) is 5.34. The van der Waals surface area contributed by atoms with Gasteiger partial charge in [0.05, 0.1) is 7.11 Å². The number of ether oxygens (including phenoxy) is 1. The van der Waals surface area contributed by atoms with E-state index in [0.717, 1.165) is 12.2 Å². The van der Waals surface area contributed by atoms with Crippen molar-refractivity contribution in [2.75, 3.05) is 7.11 Å². The van der Waals surface area contributed by atoms with E-state index in [1.807, 2.05) is 31.2 Å². The molecule has 0 aliphatic carbocycles. The lowest BCUT2D eigenvalue weighted by Gasteiger charge is -2.21. The highest BCUT2D eigenvalue weighted by molar-refractivity contribution is 5.27. The molecule has 21 heavy (non-hydrogen) atoms. The fourth-order valence-electron chi connectivity index (χ4n) is 2.52. The van der Waals surface area contributed by atoms with Crippen LogP contribution in [0.4, 0.5) is 4.39 Å². The molecule has 112 valence electrons. The third kappa shape index (κ3) is 4.30. The van der Waals surface area contributed by atoms with Crippen molar-refractivity contribution in [2.45, 2.75) is 32.4 Å². The molecule has 0 heterocycles. The van der Waals surface area contributed by atoms with Crippen molar-refractivity contribution in [1.82, 2.24) is 5.32 Å². The number of benzene rings is 2. The molecule has 3 heteroatoms. The molecule has 0 amide bonds. The molecule has 0 radical (unpaired) electrons. The minimum absolute atomic E-state index is 0.0144. The van der Waals surface area contributed by atoms with E-state index in [-0.39, 0.29) is 17.9 Å². The molecule has 0 spiro atoms. The van der Waals surface area contributed by atoms with Gasteiger partial charge in [0, 0.05) is 17.6 Å². The number of nitrogens with one attached hydrogen (secondary N) is 1. The molecule has 0 aromatic heterocycles. The van der Waals surface area contributed by atoms with Crippen LogP contribution in [0.15, 0.2) is 48.5 Å². The van der Waals surface area contributed by atoms with Gasteiger partial charge in [0.1, 0.15) is 11.6 Å². The molecule has 0 bridgehead atoms. The zero-order valence-corrected chi connectivity index (χ0v) is 12.8. The summed E-state index contributed by atoms with van der Waals surface area (Å²) in [6.07, 6.45) is 0.892. The second-order valence-corrected chi connectivity index (χ2v) is 5.36. The van der Waals surface area contributed by atoms with Gasteiger partial charge in [-0.2, -0.15) is 0 Å². The van der Waals surface area contributed by atoms with Crippen LogP contribution in [0.5, 0.6) is 5.75 Å². The van der Waals surface area contributed by atoms with E-state index in [2.05, 4.69) is 24.4 Å². The van der Waals surface area contributed by atoms with Crippen LogP contribution in [0, 0.1) is 5.82 Å². The first-order valence-electron chi connectivity index (χ1n) is 7.23. The average molecular weight is 287 g/mol. The Morgan fingerprint density at radius 3 is 2.33 bits per heavy atom. The van der Waals surface area contributed by atoms with Gasteiger partial charge < -0.3 is 10.1 Å². The second kappa shape index (κ2) is 7.23. The van der Waals surface area contributed by atoms with Crippen LogP contribution in [0.1, 0.15) is 31.0 Å². The third-order valence-corrected chi connectivity index (χ3v) is 3.61. The van der Waals surface area contributed by atoms with Crippen LogP contribution in [0.3, 0.4) is 0 Å². The van der Waals surface area contributed by atoms with Crippen molar-refractivity contribution in [3.05, 3.63) is 65.5 Å². The van der Waals surface area contributed by atoms with Crippen molar-refractivity contribution in [3.63, 3.8) is 0 Å². The lowest BCUT2D eigenvalue weighted by Crippen LogP contribution is -2.31. The molecule has 0 aliphatic heterocycles. The fourth-order valence-corrected chi connectivity index (χ4v) is 2.52. The molecule has 1 N–H and O–H groups in total. The number of hydrogen-bond donors (Lipinski definition) is 1. The van der Waals surface area contributed by atoms with Crippen molar-refractivity contribution >= 4 is 0 Å². The molecular formula is C18H22FNO. The van der Waals surface area contributed by atoms with Crippen LogP contribution in [-0.2, 0) is 6.42 Å². The second-order valence-electron chi connectivity index (χ2n) is 5.36. The quantitative estimate of drug-likeness (QED) is 0.863. The van der Waals surface area contributed by atoms with Gasteiger partial charge in [0.15, 0.2) is 0 Å². The monoisotopic (exact) mass is 287 g/mol. The highest BCUT2D eigenvalue weighted by Gasteiger charge is 2.13. The Bertz CT molecular complexity index is 568. The van der Waals surface area contributed by atoms with Gasteiger partial charge in [-0.05, 0) is 44.0 Å². The molecule has 2 aromatic rings. The maximum Gasteiger partial charge on any atom is 0.127 e. The Hall–Kier alpha value is -1.87. The topological polar surface area (TPSA) is 21.3 Å². The Labute approximate surface area is 126 Å². The van der Waals surface area contributed by atoms with Crippen molar-refractivity contribution in [3.8, 4) is 5.75 Å². The minimum Gasteiger partial charge on any atom is -0.497 e. The van der Waals surface area contributed by atoms with E-state index >= 15 is 0 Å². The van der Waals surface area contributed by atoms with E-state index < -0.39 is 0 Å². The van der Waals surface area contributed by atoms with Gasteiger partial charge in [-0.25, -0.2) is 4.39 Å². The minimum atomic E-state index is -0.158. The summed E-state index contributed by atoms with van der Waals surface area (Å²) in [6.45, 7) is 4.10. The molecule has 0 saturated carbocycles. The summed E-state index contributed by atoms with van der Waals surface area (Å²) in [6, 6.07) is 15.2. The lowest BCUT2D eigenvalue weighted by atomic mass is 10.0. The molecular weight excluding hydrogens is 265 g/mol. The first-order chi connectivity index (χ1) is 10.1. The highest BCUT2D eigenvalue weighted by Crippen LogP contribution is 2.18. The average Bonchev–Trinajstić information content (AvgIpc) is 2.48. The largest absolute Gasteiger partial charge is 0.497 e. The summed E-state index contributed by atoms with van der Waals surface area (Å²) < 4.78 is 18.9. The fraction of sp³-hybridized carbons (Fsp3) is 0.333. The van der Waals surface area contributed by atoms with Crippen molar-refractivity contribution < 1.29 is 9.13 Å². The molecule has 2 unspecified atom stereocenters. The van der Waals surface area contributed by atoms with E-state index in [1.165, 1.54) is 11.6 Å². The number of hydrogen-bond acceptors (Lipinski definition) is 2. The summed E-state index contributed by atoms with van der Waals surface area (Å²) in [4.78, 5) is 0. The van der Waals surface area contributed by atoms with Crippen LogP contribution >= 0.6 is 0 Å². The first-order valence-corrected chi connectivity index (χ1v) is 7.23. The van der Waals surface area contributed by atoms with E-state index in [9.17, 15) is 4.39 Å². The predicted molar refractivity (Wildman–Crippen MR) is 84.1 cm³/mol. The third-order valence-electron chi connectivity index (χ3n) is 3.61. The molecule has 0 fully saturated rings. The maximum absolute atomic E-state index is 13.7. The summed E-state index contributed by atoms with van der Waals surface area (Å²) in [7, 11) is 1.66. The molecule has 0 saturated heterocycles. The summed E-state index contributed by atoms with van der Waals surface area (Å²) >= 11 is 0. The van der Waals surface area contributed by atoms with Gasteiger partial charge in [-0.1, -0.05) is 30.3 Å². The highest BCUT2D eigenvalue weighted by atomic mass is 19.1. The number of methoxy groups -OCH3 is 1. The number of halogens is 1. The zero-order chi connectivity index (χ0) is 15.2. The molecule has 2 rings (SSSR count). The normalized spacial score (nSPS) is 13.7. The van der Waals surface area contributed by atoms with E-state index in [0.29, 0.717) is 5.56 Å². The Morgan fingerprint density at radius 2 is 1.71 bits per heavy atom. The standard InChI is InChI=1S/C18H22FNO/c1-13(12-15-8-10-16(21-3)11-9-15)20-14(2)17-6-4-5-7-18(17)19/h4-11,13-14,20H,12H2,1-3H3. The van der Waals surface area contributed by atoms with E-state index in [1.54, 1.807) is 13.2 Å². The van der Waals surface area contributed by atoms with Gasteiger partial charge in [0.25, 0.3) is 0 Å². The lowest BCUT2D eigenvalue weighted by molar-refractivity contribution is 0.414. The Morgan fingerprint density at radius 1 is 1.05 bits per heavy atom. The summed E-state index contributed by atoms with van der Waals surface area (Å²) in [5.74, 6) is 0.702. The van der Waals surface area contributed by atoms with Crippen LogP contribution in [-0.4, -0.2) is 13.2 Å². The molecule has 2 aromatic carbocycles. The Balaban J connectivity index is 1.94. The summed E-state index contributed by atoms with van der Waals surface area (Å²) in [5.41, 5.74) is 1.94. The smallest absolute Gasteiger partial charge is 0.127 e. The van der Waals surface area contributed by atoms with E-state index in [4.69, 9.17) is 4.74 Å². The van der Waals surface area contributed by atoms with Crippen LogP contribution < -0.4 is 10.1 Å². The van der Waals surface area contributed by atoms with Crippen LogP contribution in [0.2, 0.25) is 0 Å². The maximum atomic E-state index is 13.7. The zero-order valence-electron chi connectivity index (χ0n) is 12.8.